The van der Waals surface area contributed by atoms with Gasteiger partial charge >= 0.3 is 0 Å². The van der Waals surface area contributed by atoms with E-state index in [-0.39, 0.29) is 18.4 Å². The lowest BCUT2D eigenvalue weighted by Gasteiger charge is -2.12. The molecule has 0 spiro atoms. The van der Waals surface area contributed by atoms with Crippen LogP contribution in [-0.2, 0) is 0 Å². The van der Waals surface area contributed by atoms with Crippen LogP contribution in [0.15, 0.2) is 18.2 Å². The first kappa shape index (κ1) is 11.9. The van der Waals surface area contributed by atoms with E-state index in [1.807, 2.05) is 6.92 Å². The normalized spacial score (nSPS) is 12.5. The van der Waals surface area contributed by atoms with Crippen molar-refractivity contribution in [2.24, 2.45) is 5.73 Å². The summed E-state index contributed by atoms with van der Waals surface area (Å²) in [7, 11) is 0. The van der Waals surface area contributed by atoms with E-state index < -0.39 is 11.6 Å². The van der Waals surface area contributed by atoms with Gasteiger partial charge in [-0.2, -0.15) is 0 Å². The Morgan fingerprint density at radius 3 is 2.73 bits per heavy atom. The van der Waals surface area contributed by atoms with Crippen LogP contribution in [0, 0.1) is 11.6 Å². The van der Waals surface area contributed by atoms with Gasteiger partial charge in [-0.3, -0.25) is 0 Å². The highest BCUT2D eigenvalue weighted by Crippen LogP contribution is 2.17. The molecule has 0 fully saturated rings. The third-order valence-corrected chi connectivity index (χ3v) is 2.01. The fourth-order valence-corrected chi connectivity index (χ4v) is 1.24. The average molecular weight is 215 g/mol. The lowest BCUT2D eigenvalue weighted by Crippen LogP contribution is -2.27. The van der Waals surface area contributed by atoms with Crippen LogP contribution in [0.4, 0.5) is 8.78 Å². The predicted molar refractivity (Wildman–Crippen MR) is 54.7 cm³/mol. The molecule has 1 rings (SSSR count). The van der Waals surface area contributed by atoms with Crippen molar-refractivity contribution in [3.05, 3.63) is 29.8 Å². The van der Waals surface area contributed by atoms with Gasteiger partial charge in [0.1, 0.15) is 12.4 Å². The van der Waals surface area contributed by atoms with E-state index >= 15 is 0 Å². The number of nitrogens with two attached hydrogens (primary N) is 1. The molecule has 84 valence electrons. The SMILES string of the molecule is CCCC(N)COc1ccc(F)cc1F. The predicted octanol–water partition coefficient (Wildman–Crippen LogP) is 2.47. The monoisotopic (exact) mass is 215 g/mol. The van der Waals surface area contributed by atoms with Gasteiger partial charge in [0.2, 0.25) is 0 Å². The Morgan fingerprint density at radius 2 is 2.13 bits per heavy atom. The molecular weight excluding hydrogens is 200 g/mol. The second-order valence-corrected chi connectivity index (χ2v) is 3.43. The zero-order valence-electron chi connectivity index (χ0n) is 8.67. The summed E-state index contributed by atoms with van der Waals surface area (Å²) in [5.74, 6) is -1.26. The molecular formula is C11H15F2NO. The molecule has 0 aromatic heterocycles. The van der Waals surface area contributed by atoms with Gasteiger partial charge in [-0.15, -0.1) is 0 Å². The molecule has 0 radical (unpaired) electrons. The molecule has 1 unspecified atom stereocenters. The summed E-state index contributed by atoms with van der Waals surface area (Å²) in [6.07, 6.45) is 1.78. The van der Waals surface area contributed by atoms with Gasteiger partial charge in [0, 0.05) is 12.1 Å². The molecule has 1 aromatic carbocycles. The van der Waals surface area contributed by atoms with Crippen molar-refractivity contribution in [3.8, 4) is 5.75 Å². The van der Waals surface area contributed by atoms with Gasteiger partial charge in [-0.05, 0) is 18.6 Å². The van der Waals surface area contributed by atoms with Gasteiger partial charge < -0.3 is 10.5 Å². The van der Waals surface area contributed by atoms with Crippen molar-refractivity contribution < 1.29 is 13.5 Å². The summed E-state index contributed by atoms with van der Waals surface area (Å²) in [6, 6.07) is 3.10. The molecule has 0 bridgehead atoms. The van der Waals surface area contributed by atoms with Crippen molar-refractivity contribution in [3.63, 3.8) is 0 Å². The third-order valence-electron chi connectivity index (χ3n) is 2.01. The largest absolute Gasteiger partial charge is 0.489 e. The molecule has 2 N–H and O–H groups in total. The zero-order chi connectivity index (χ0) is 11.3. The standard InChI is InChI=1S/C11H15F2NO/c1-2-3-9(14)7-15-11-5-4-8(12)6-10(11)13/h4-6,9H,2-3,7,14H2,1H3. The highest BCUT2D eigenvalue weighted by molar-refractivity contribution is 5.24. The van der Waals surface area contributed by atoms with Crippen LogP contribution in [-0.4, -0.2) is 12.6 Å². The summed E-state index contributed by atoms with van der Waals surface area (Å²) in [5.41, 5.74) is 5.69. The molecule has 15 heavy (non-hydrogen) atoms. The van der Waals surface area contributed by atoms with Crippen LogP contribution >= 0.6 is 0 Å². The average Bonchev–Trinajstić information content (AvgIpc) is 2.17. The Labute approximate surface area is 88.0 Å². The second-order valence-electron chi connectivity index (χ2n) is 3.43. The number of halogens is 2. The molecule has 0 aliphatic heterocycles. The topological polar surface area (TPSA) is 35.2 Å². The molecule has 0 amide bonds. The zero-order valence-corrected chi connectivity index (χ0v) is 8.67. The number of ether oxygens (including phenoxy) is 1. The second kappa shape index (κ2) is 5.66. The molecule has 1 atom stereocenters. The summed E-state index contributed by atoms with van der Waals surface area (Å²) in [5, 5.41) is 0. The van der Waals surface area contributed by atoms with E-state index in [0.29, 0.717) is 0 Å². The maximum absolute atomic E-state index is 13.1. The minimum Gasteiger partial charge on any atom is -0.489 e. The van der Waals surface area contributed by atoms with Crippen molar-refractivity contribution in [2.45, 2.75) is 25.8 Å². The maximum Gasteiger partial charge on any atom is 0.167 e. The van der Waals surface area contributed by atoms with Crippen LogP contribution in [0.5, 0.6) is 5.75 Å². The molecule has 1 aromatic rings. The summed E-state index contributed by atoms with van der Waals surface area (Å²) in [4.78, 5) is 0. The summed E-state index contributed by atoms with van der Waals surface area (Å²) in [6.45, 7) is 2.26. The number of rotatable bonds is 5. The Kier molecular flexibility index (Phi) is 4.49. The Hall–Kier alpha value is -1.16. The van der Waals surface area contributed by atoms with Crippen molar-refractivity contribution in [2.75, 3.05) is 6.61 Å². The van der Waals surface area contributed by atoms with Gasteiger partial charge in [0.05, 0.1) is 0 Å². The molecule has 0 heterocycles. The minimum atomic E-state index is -0.696. The highest BCUT2D eigenvalue weighted by Gasteiger charge is 2.07. The van der Waals surface area contributed by atoms with Gasteiger partial charge in [-0.1, -0.05) is 13.3 Å². The lowest BCUT2D eigenvalue weighted by atomic mass is 10.2. The van der Waals surface area contributed by atoms with Crippen molar-refractivity contribution >= 4 is 0 Å². The molecule has 0 aliphatic rings. The van der Waals surface area contributed by atoms with E-state index in [4.69, 9.17) is 10.5 Å². The van der Waals surface area contributed by atoms with E-state index in [2.05, 4.69) is 0 Å². The number of hydrogen-bond acceptors (Lipinski definition) is 2. The Morgan fingerprint density at radius 1 is 1.40 bits per heavy atom. The minimum absolute atomic E-state index is 0.0444. The first-order valence-corrected chi connectivity index (χ1v) is 4.97. The van der Waals surface area contributed by atoms with E-state index in [1.165, 1.54) is 6.07 Å². The van der Waals surface area contributed by atoms with Crippen molar-refractivity contribution in [1.29, 1.82) is 0 Å². The number of hydrogen-bond donors (Lipinski definition) is 1. The third kappa shape index (κ3) is 3.83. The summed E-state index contributed by atoms with van der Waals surface area (Å²) < 4.78 is 30.8. The molecule has 4 heteroatoms. The smallest absolute Gasteiger partial charge is 0.167 e. The first-order chi connectivity index (χ1) is 7.13. The maximum atomic E-state index is 13.1. The van der Waals surface area contributed by atoms with E-state index in [9.17, 15) is 8.78 Å². The van der Waals surface area contributed by atoms with Crippen LogP contribution < -0.4 is 10.5 Å². The van der Waals surface area contributed by atoms with Gasteiger partial charge in [0.25, 0.3) is 0 Å². The molecule has 0 saturated heterocycles. The van der Waals surface area contributed by atoms with E-state index in [0.717, 1.165) is 25.0 Å². The number of benzene rings is 1. The van der Waals surface area contributed by atoms with Crippen LogP contribution in [0.1, 0.15) is 19.8 Å². The molecule has 0 saturated carbocycles. The van der Waals surface area contributed by atoms with Crippen LogP contribution in [0.25, 0.3) is 0 Å². The van der Waals surface area contributed by atoms with Crippen LogP contribution in [0.3, 0.4) is 0 Å². The summed E-state index contributed by atoms with van der Waals surface area (Å²) >= 11 is 0. The van der Waals surface area contributed by atoms with Gasteiger partial charge in [-0.25, -0.2) is 8.78 Å². The van der Waals surface area contributed by atoms with Crippen molar-refractivity contribution in [1.82, 2.24) is 0 Å². The highest BCUT2D eigenvalue weighted by atomic mass is 19.1. The van der Waals surface area contributed by atoms with Gasteiger partial charge in [0.15, 0.2) is 11.6 Å². The fourth-order valence-electron chi connectivity index (χ4n) is 1.24. The van der Waals surface area contributed by atoms with Crippen LogP contribution in [0.2, 0.25) is 0 Å². The molecule has 2 nitrogen and oxygen atoms in total. The quantitative estimate of drug-likeness (QED) is 0.818. The van der Waals surface area contributed by atoms with E-state index in [1.54, 1.807) is 0 Å². The molecule has 0 aliphatic carbocycles. The Balaban J connectivity index is 2.50. The first-order valence-electron chi connectivity index (χ1n) is 4.97. The Bertz CT molecular complexity index is 317. The lowest BCUT2D eigenvalue weighted by molar-refractivity contribution is 0.268. The fraction of sp³-hybridized carbons (Fsp3) is 0.455.